The van der Waals surface area contributed by atoms with Crippen LogP contribution in [0, 0.1) is 13.8 Å². The number of hydrogen-bond donors (Lipinski definition) is 0. The number of benzene rings is 2. The molecule has 4 nitrogen and oxygen atoms in total. The number of rotatable bonds is 4. The van der Waals surface area contributed by atoms with Crippen molar-refractivity contribution >= 4 is 16.7 Å². The molecular weight excluding hydrogens is 394 g/mol. The minimum atomic E-state index is -0.0144. The van der Waals surface area contributed by atoms with Crippen molar-refractivity contribution in [3.8, 4) is 0 Å². The fraction of sp³-hybridized carbons (Fsp3) is 0.250. The highest BCUT2D eigenvalue weighted by Crippen LogP contribution is 2.34. The van der Waals surface area contributed by atoms with Crippen LogP contribution in [0.4, 0.5) is 0 Å². The molecule has 3 heterocycles. The summed E-state index contributed by atoms with van der Waals surface area (Å²) >= 11 is 0. The Bertz CT molecular complexity index is 1290. The average Bonchev–Trinajstić information content (AvgIpc) is 3.28. The van der Waals surface area contributed by atoms with Crippen LogP contribution in [0.3, 0.4) is 0 Å². The zero-order valence-corrected chi connectivity index (χ0v) is 18.6. The van der Waals surface area contributed by atoms with Crippen molar-refractivity contribution in [2.75, 3.05) is 6.54 Å². The van der Waals surface area contributed by atoms with Gasteiger partial charge in [0.15, 0.2) is 0 Å². The summed E-state index contributed by atoms with van der Waals surface area (Å²) in [6, 6.07) is 22.8. The van der Waals surface area contributed by atoms with Crippen LogP contribution in [0.5, 0.6) is 0 Å². The smallest absolute Gasteiger partial charge is 0.273 e. The normalized spacial score (nSPS) is 15.9. The van der Waals surface area contributed by atoms with Gasteiger partial charge in [-0.3, -0.25) is 14.8 Å². The predicted octanol–water partition coefficient (Wildman–Crippen LogP) is 5.81. The first kappa shape index (κ1) is 20.4. The van der Waals surface area contributed by atoms with Crippen molar-refractivity contribution < 1.29 is 4.79 Å². The number of pyridine rings is 2. The third-order valence-electron chi connectivity index (χ3n) is 6.26. The van der Waals surface area contributed by atoms with Gasteiger partial charge >= 0.3 is 0 Å². The van der Waals surface area contributed by atoms with Gasteiger partial charge in [-0.05, 0) is 67.8 Å². The lowest BCUT2D eigenvalue weighted by atomic mass is 10.0. The van der Waals surface area contributed by atoms with Gasteiger partial charge in [0.2, 0.25) is 0 Å². The van der Waals surface area contributed by atoms with E-state index in [0.717, 1.165) is 48.0 Å². The molecule has 1 aliphatic rings. The maximum absolute atomic E-state index is 13.6. The molecule has 2 aromatic carbocycles. The van der Waals surface area contributed by atoms with E-state index in [2.05, 4.69) is 48.3 Å². The van der Waals surface area contributed by atoms with E-state index in [1.165, 1.54) is 16.7 Å². The van der Waals surface area contributed by atoms with Crippen LogP contribution in [-0.2, 0) is 6.42 Å². The molecule has 0 N–H and O–H groups in total. The summed E-state index contributed by atoms with van der Waals surface area (Å²) < 4.78 is 0. The highest BCUT2D eigenvalue weighted by atomic mass is 16.2. The molecule has 0 spiro atoms. The highest BCUT2D eigenvalue weighted by molar-refractivity contribution is 6.05. The molecule has 32 heavy (non-hydrogen) atoms. The first-order valence-electron chi connectivity index (χ1n) is 11.3. The van der Waals surface area contributed by atoms with E-state index in [1.807, 2.05) is 42.2 Å². The molecule has 5 rings (SSSR count). The van der Waals surface area contributed by atoms with Gasteiger partial charge in [0.1, 0.15) is 5.69 Å². The standard InChI is InChI=1S/C28H27N3O/c1-19-7-5-8-21(15-19)17-22-16-20(2)30-25(18-22)26-11-6-14-31(26)28(32)27-24-10-4-3-9-23(24)12-13-29-27/h3-5,7-10,12-13,15-16,18,26H,6,11,14,17H2,1-2H3/t26-/m1/s1. The summed E-state index contributed by atoms with van der Waals surface area (Å²) in [6.07, 6.45) is 4.50. The van der Waals surface area contributed by atoms with E-state index in [0.29, 0.717) is 5.69 Å². The summed E-state index contributed by atoms with van der Waals surface area (Å²) in [4.78, 5) is 24.9. The molecule has 1 aliphatic heterocycles. The van der Waals surface area contributed by atoms with Crippen LogP contribution in [0.15, 0.2) is 72.9 Å². The van der Waals surface area contributed by atoms with E-state index in [4.69, 9.17) is 4.98 Å². The molecule has 4 heteroatoms. The fourth-order valence-electron chi connectivity index (χ4n) is 4.84. The van der Waals surface area contributed by atoms with Gasteiger partial charge in [-0.1, -0.05) is 54.1 Å². The Labute approximate surface area is 189 Å². The van der Waals surface area contributed by atoms with Gasteiger partial charge in [0, 0.05) is 23.8 Å². The molecule has 1 amide bonds. The lowest BCUT2D eigenvalue weighted by Crippen LogP contribution is -2.32. The number of aromatic nitrogens is 2. The SMILES string of the molecule is Cc1cccc(Cc2cc(C)nc([C@H]3CCCN3C(=O)c3nccc4ccccc34)c2)c1. The van der Waals surface area contributed by atoms with Crippen molar-refractivity contribution in [1.82, 2.24) is 14.9 Å². The van der Waals surface area contributed by atoms with Gasteiger partial charge < -0.3 is 4.90 Å². The summed E-state index contributed by atoms with van der Waals surface area (Å²) in [6.45, 7) is 4.89. The maximum atomic E-state index is 13.6. The Hall–Kier alpha value is -3.53. The Morgan fingerprint density at radius 1 is 1.00 bits per heavy atom. The number of aryl methyl sites for hydroxylation is 2. The van der Waals surface area contributed by atoms with Crippen LogP contribution >= 0.6 is 0 Å². The Balaban J connectivity index is 1.46. The summed E-state index contributed by atoms with van der Waals surface area (Å²) in [5.41, 5.74) is 6.30. The first-order valence-corrected chi connectivity index (χ1v) is 11.3. The third-order valence-corrected chi connectivity index (χ3v) is 6.26. The highest BCUT2D eigenvalue weighted by Gasteiger charge is 2.33. The largest absolute Gasteiger partial charge is 0.329 e. The monoisotopic (exact) mass is 421 g/mol. The second-order valence-corrected chi connectivity index (χ2v) is 8.74. The van der Waals surface area contributed by atoms with E-state index < -0.39 is 0 Å². The van der Waals surface area contributed by atoms with E-state index in [-0.39, 0.29) is 11.9 Å². The van der Waals surface area contributed by atoms with Gasteiger partial charge in [-0.15, -0.1) is 0 Å². The lowest BCUT2D eigenvalue weighted by molar-refractivity contribution is 0.0729. The molecule has 1 fully saturated rings. The number of likely N-dealkylation sites (tertiary alicyclic amines) is 1. The fourth-order valence-corrected chi connectivity index (χ4v) is 4.84. The minimum Gasteiger partial charge on any atom is -0.329 e. The van der Waals surface area contributed by atoms with Crippen LogP contribution in [-0.4, -0.2) is 27.3 Å². The Kier molecular flexibility index (Phi) is 5.44. The zero-order chi connectivity index (χ0) is 22.1. The molecule has 0 unspecified atom stereocenters. The van der Waals surface area contributed by atoms with Crippen molar-refractivity contribution in [2.45, 2.75) is 39.2 Å². The summed E-state index contributed by atoms with van der Waals surface area (Å²) in [5.74, 6) is -0.00663. The Morgan fingerprint density at radius 3 is 2.75 bits per heavy atom. The van der Waals surface area contributed by atoms with Gasteiger partial charge in [0.05, 0.1) is 11.7 Å². The number of amides is 1. The van der Waals surface area contributed by atoms with Crippen molar-refractivity contribution in [3.63, 3.8) is 0 Å². The lowest BCUT2D eigenvalue weighted by Gasteiger charge is -2.25. The second kappa shape index (κ2) is 8.54. The van der Waals surface area contributed by atoms with E-state index >= 15 is 0 Å². The zero-order valence-electron chi connectivity index (χ0n) is 18.6. The molecule has 1 atom stereocenters. The number of hydrogen-bond acceptors (Lipinski definition) is 3. The molecule has 1 saturated heterocycles. The molecule has 0 saturated carbocycles. The average molecular weight is 422 g/mol. The topological polar surface area (TPSA) is 46.1 Å². The van der Waals surface area contributed by atoms with Crippen molar-refractivity contribution in [1.29, 1.82) is 0 Å². The number of fused-ring (bicyclic) bond motifs is 1. The number of nitrogens with zero attached hydrogens (tertiary/aromatic N) is 3. The maximum Gasteiger partial charge on any atom is 0.273 e. The summed E-state index contributed by atoms with van der Waals surface area (Å²) in [5, 5.41) is 1.94. The number of carbonyl (C=O) groups is 1. The number of carbonyl (C=O) groups excluding carboxylic acids is 1. The minimum absolute atomic E-state index is 0.00663. The van der Waals surface area contributed by atoms with Gasteiger partial charge in [-0.25, -0.2) is 0 Å². The van der Waals surface area contributed by atoms with Crippen LogP contribution in [0.2, 0.25) is 0 Å². The van der Waals surface area contributed by atoms with Gasteiger partial charge in [0.25, 0.3) is 5.91 Å². The van der Waals surface area contributed by atoms with Crippen LogP contribution < -0.4 is 0 Å². The quantitative estimate of drug-likeness (QED) is 0.417. The third kappa shape index (κ3) is 4.01. The van der Waals surface area contributed by atoms with Crippen molar-refractivity contribution in [3.05, 3.63) is 107 Å². The van der Waals surface area contributed by atoms with Crippen LogP contribution in [0.25, 0.3) is 10.8 Å². The molecule has 4 aromatic rings. The molecule has 0 bridgehead atoms. The van der Waals surface area contributed by atoms with Crippen molar-refractivity contribution in [2.24, 2.45) is 0 Å². The second-order valence-electron chi connectivity index (χ2n) is 8.74. The summed E-state index contributed by atoms with van der Waals surface area (Å²) in [7, 11) is 0. The van der Waals surface area contributed by atoms with E-state index in [9.17, 15) is 4.79 Å². The van der Waals surface area contributed by atoms with E-state index in [1.54, 1.807) is 6.20 Å². The predicted molar refractivity (Wildman–Crippen MR) is 128 cm³/mol. The molecule has 0 aliphatic carbocycles. The first-order chi connectivity index (χ1) is 15.6. The molecule has 160 valence electrons. The van der Waals surface area contributed by atoms with Gasteiger partial charge in [-0.2, -0.15) is 0 Å². The Morgan fingerprint density at radius 2 is 1.88 bits per heavy atom. The molecule has 0 radical (unpaired) electrons. The van der Waals surface area contributed by atoms with Crippen LogP contribution in [0.1, 0.15) is 57.5 Å². The molecule has 2 aromatic heterocycles. The molecular formula is C28H27N3O.